The van der Waals surface area contributed by atoms with E-state index in [-0.39, 0.29) is 36.8 Å². The standard InChI is InChI=1S/C26H31FN4O6/c1-26(2,16-7-9-17(27)10-8-16)15-29-24(35)19-13-22(33)30-20(14-32)25(36)28-11-12-37-21-6-4-3-5-18(21)23(34)31-19/h3-10,19-20,32H,11-15H2,1-2H3,(H,28,36)(H,29,35)(H,30,33)(H,31,34)/t19-,20-/m0/s1. The van der Waals surface area contributed by atoms with E-state index in [0.717, 1.165) is 5.56 Å². The largest absolute Gasteiger partial charge is 0.491 e. The van der Waals surface area contributed by atoms with Crippen LogP contribution in [-0.4, -0.2) is 67.1 Å². The van der Waals surface area contributed by atoms with Gasteiger partial charge in [-0.15, -0.1) is 0 Å². The number of halogens is 1. The highest BCUT2D eigenvalue weighted by atomic mass is 19.1. The van der Waals surface area contributed by atoms with Gasteiger partial charge in [0.25, 0.3) is 5.91 Å². The van der Waals surface area contributed by atoms with Gasteiger partial charge in [-0.25, -0.2) is 4.39 Å². The summed E-state index contributed by atoms with van der Waals surface area (Å²) in [6.45, 7) is 3.30. The van der Waals surface area contributed by atoms with Crippen molar-refractivity contribution in [1.29, 1.82) is 0 Å². The van der Waals surface area contributed by atoms with Gasteiger partial charge in [-0.2, -0.15) is 0 Å². The molecule has 2 aromatic rings. The SMILES string of the molecule is CC(C)(CNC(=O)[C@@H]1CC(=O)N[C@@H](CO)C(=O)NCCOc2ccccc2C(=O)N1)c1ccc(F)cc1. The Balaban J connectivity index is 1.82. The highest BCUT2D eigenvalue weighted by Crippen LogP contribution is 2.23. The number of para-hydroxylation sites is 1. The van der Waals surface area contributed by atoms with E-state index in [9.17, 15) is 28.7 Å². The lowest BCUT2D eigenvalue weighted by Gasteiger charge is -2.27. The normalized spacial score (nSPS) is 19.3. The summed E-state index contributed by atoms with van der Waals surface area (Å²) in [6, 6.07) is 9.76. The molecule has 3 rings (SSSR count). The van der Waals surface area contributed by atoms with Gasteiger partial charge < -0.3 is 31.1 Å². The van der Waals surface area contributed by atoms with Crippen LogP contribution in [0.5, 0.6) is 5.75 Å². The number of nitrogens with one attached hydrogen (secondary N) is 4. The first-order valence-electron chi connectivity index (χ1n) is 11.8. The van der Waals surface area contributed by atoms with Gasteiger partial charge in [-0.3, -0.25) is 19.2 Å². The lowest BCUT2D eigenvalue weighted by Crippen LogP contribution is -2.54. The minimum Gasteiger partial charge on any atom is -0.491 e. The van der Waals surface area contributed by atoms with Crippen LogP contribution in [0, 0.1) is 5.82 Å². The van der Waals surface area contributed by atoms with E-state index >= 15 is 0 Å². The lowest BCUT2D eigenvalue weighted by atomic mass is 9.84. The van der Waals surface area contributed by atoms with Crippen LogP contribution in [0.1, 0.15) is 36.2 Å². The summed E-state index contributed by atoms with van der Waals surface area (Å²) in [4.78, 5) is 51.3. The third-order valence-corrected chi connectivity index (χ3v) is 5.97. The van der Waals surface area contributed by atoms with Crippen molar-refractivity contribution >= 4 is 23.6 Å². The Hall–Kier alpha value is -3.99. The molecule has 1 heterocycles. The Morgan fingerprint density at radius 3 is 2.51 bits per heavy atom. The maximum absolute atomic E-state index is 13.3. The predicted octanol–water partition coefficient (Wildman–Crippen LogP) is 0.394. The molecule has 5 N–H and O–H groups in total. The molecule has 10 nitrogen and oxygen atoms in total. The van der Waals surface area contributed by atoms with Gasteiger partial charge >= 0.3 is 0 Å². The molecule has 0 spiro atoms. The summed E-state index contributed by atoms with van der Waals surface area (Å²) in [7, 11) is 0. The van der Waals surface area contributed by atoms with Crippen molar-refractivity contribution in [3.8, 4) is 5.75 Å². The number of fused-ring (bicyclic) bond motifs is 1. The summed E-state index contributed by atoms with van der Waals surface area (Å²) >= 11 is 0. The zero-order chi connectivity index (χ0) is 27.0. The highest BCUT2D eigenvalue weighted by Gasteiger charge is 2.30. The quantitative estimate of drug-likeness (QED) is 0.390. The number of hydrogen-bond acceptors (Lipinski definition) is 6. The Labute approximate surface area is 214 Å². The summed E-state index contributed by atoms with van der Waals surface area (Å²) in [5, 5.41) is 19.8. The van der Waals surface area contributed by atoms with Crippen molar-refractivity contribution in [3.05, 3.63) is 65.5 Å². The van der Waals surface area contributed by atoms with Gasteiger partial charge in [-0.1, -0.05) is 38.1 Å². The molecule has 0 fully saturated rings. The van der Waals surface area contributed by atoms with Crippen molar-refractivity contribution in [2.45, 2.75) is 37.8 Å². The van der Waals surface area contributed by atoms with Crippen LogP contribution in [0.3, 0.4) is 0 Å². The number of carbonyl (C=O) groups is 4. The monoisotopic (exact) mass is 514 g/mol. The van der Waals surface area contributed by atoms with Crippen molar-refractivity contribution in [1.82, 2.24) is 21.3 Å². The first kappa shape index (κ1) is 27.6. The van der Waals surface area contributed by atoms with Crippen LogP contribution < -0.4 is 26.0 Å². The van der Waals surface area contributed by atoms with Crippen LogP contribution in [0.15, 0.2) is 48.5 Å². The third-order valence-electron chi connectivity index (χ3n) is 5.97. The molecule has 2 atom stereocenters. The van der Waals surface area contributed by atoms with Crippen LogP contribution in [0.4, 0.5) is 4.39 Å². The van der Waals surface area contributed by atoms with E-state index in [2.05, 4.69) is 21.3 Å². The van der Waals surface area contributed by atoms with Crippen molar-refractivity contribution in [2.24, 2.45) is 0 Å². The average Bonchev–Trinajstić information content (AvgIpc) is 2.87. The molecule has 0 saturated carbocycles. The zero-order valence-electron chi connectivity index (χ0n) is 20.7. The Kier molecular flexibility index (Phi) is 9.18. The summed E-state index contributed by atoms with van der Waals surface area (Å²) in [5.74, 6) is -2.72. The summed E-state index contributed by atoms with van der Waals surface area (Å²) in [6.07, 6.45) is -0.485. The van der Waals surface area contributed by atoms with E-state index in [1.807, 2.05) is 13.8 Å². The molecule has 0 bridgehead atoms. The molecule has 4 amide bonds. The zero-order valence-corrected chi connectivity index (χ0v) is 20.7. The number of rotatable bonds is 5. The van der Waals surface area contributed by atoms with Crippen LogP contribution in [0.2, 0.25) is 0 Å². The van der Waals surface area contributed by atoms with Crippen LogP contribution >= 0.6 is 0 Å². The van der Waals surface area contributed by atoms with E-state index in [1.54, 1.807) is 30.3 Å². The van der Waals surface area contributed by atoms with E-state index in [1.165, 1.54) is 18.2 Å². The lowest BCUT2D eigenvalue weighted by molar-refractivity contribution is -0.131. The molecule has 198 valence electrons. The fraction of sp³-hybridized carbons (Fsp3) is 0.385. The molecule has 1 aliphatic rings. The molecule has 0 unspecified atom stereocenters. The minimum atomic E-state index is -1.30. The fourth-order valence-corrected chi connectivity index (χ4v) is 3.75. The van der Waals surface area contributed by atoms with Gasteiger partial charge in [0.1, 0.15) is 30.3 Å². The number of hydrogen-bond donors (Lipinski definition) is 5. The van der Waals surface area contributed by atoms with Crippen molar-refractivity contribution in [2.75, 3.05) is 26.3 Å². The van der Waals surface area contributed by atoms with Crippen LogP contribution in [0.25, 0.3) is 0 Å². The summed E-state index contributed by atoms with van der Waals surface area (Å²) in [5.41, 5.74) is 0.353. The molecular formula is C26H31FN4O6. The second-order valence-corrected chi connectivity index (χ2v) is 9.28. The molecule has 37 heavy (non-hydrogen) atoms. The first-order valence-corrected chi connectivity index (χ1v) is 11.8. The molecule has 2 aromatic carbocycles. The van der Waals surface area contributed by atoms with E-state index in [4.69, 9.17) is 4.74 Å². The van der Waals surface area contributed by atoms with Gasteiger partial charge in [0, 0.05) is 12.0 Å². The van der Waals surface area contributed by atoms with Crippen LogP contribution in [-0.2, 0) is 19.8 Å². The first-order chi connectivity index (χ1) is 17.6. The third kappa shape index (κ3) is 7.50. The van der Waals surface area contributed by atoms with Gasteiger partial charge in [0.2, 0.25) is 17.7 Å². The Bertz CT molecular complexity index is 1140. The Morgan fingerprint density at radius 2 is 1.81 bits per heavy atom. The molecule has 0 radical (unpaired) electrons. The maximum atomic E-state index is 13.3. The number of aliphatic hydroxyl groups excluding tert-OH is 1. The van der Waals surface area contributed by atoms with Gasteiger partial charge in [-0.05, 0) is 29.8 Å². The second kappa shape index (κ2) is 12.3. The van der Waals surface area contributed by atoms with Crippen molar-refractivity contribution < 1.29 is 33.4 Å². The molecule has 0 aliphatic carbocycles. The van der Waals surface area contributed by atoms with E-state index < -0.39 is 54.2 Å². The number of aliphatic hydroxyl groups is 1. The minimum absolute atomic E-state index is 0.0323. The number of carbonyl (C=O) groups excluding carboxylic acids is 4. The predicted molar refractivity (Wildman–Crippen MR) is 132 cm³/mol. The number of ether oxygens (including phenoxy) is 1. The molecule has 0 aromatic heterocycles. The Morgan fingerprint density at radius 1 is 1.11 bits per heavy atom. The smallest absolute Gasteiger partial charge is 0.255 e. The second-order valence-electron chi connectivity index (χ2n) is 9.28. The number of amides is 4. The molecule has 0 saturated heterocycles. The topological polar surface area (TPSA) is 146 Å². The molecular weight excluding hydrogens is 483 g/mol. The summed E-state index contributed by atoms with van der Waals surface area (Å²) < 4.78 is 19.0. The number of benzene rings is 2. The van der Waals surface area contributed by atoms with Gasteiger partial charge in [0.15, 0.2) is 0 Å². The highest BCUT2D eigenvalue weighted by molar-refractivity contribution is 6.01. The van der Waals surface area contributed by atoms with Crippen molar-refractivity contribution in [3.63, 3.8) is 0 Å². The van der Waals surface area contributed by atoms with E-state index in [0.29, 0.717) is 0 Å². The molecule has 11 heteroatoms. The van der Waals surface area contributed by atoms with Gasteiger partial charge in [0.05, 0.1) is 25.1 Å². The fourth-order valence-electron chi connectivity index (χ4n) is 3.75. The maximum Gasteiger partial charge on any atom is 0.255 e. The average molecular weight is 515 g/mol. The molecule has 1 aliphatic heterocycles.